The minimum absolute atomic E-state index is 0.0883. The summed E-state index contributed by atoms with van der Waals surface area (Å²) in [4.78, 5) is 22.7. The standard InChI is InChI=1S/C26H27N3O2S/c1-19-9-10-23-24(17-19)32-26(27-23)29(12-11-28-13-15-31-16-14-28)25(30)18-21-7-4-6-20-5-2-3-8-22(20)21/h2-10,17H,11-16,18H2,1H3. The van der Waals surface area contributed by atoms with Gasteiger partial charge < -0.3 is 4.74 Å². The molecule has 4 aromatic rings. The predicted molar refractivity (Wildman–Crippen MR) is 132 cm³/mol. The number of rotatable bonds is 6. The van der Waals surface area contributed by atoms with Gasteiger partial charge in [0, 0.05) is 26.2 Å². The number of aryl methyl sites for hydroxylation is 1. The number of morpholine rings is 1. The lowest BCUT2D eigenvalue weighted by molar-refractivity contribution is -0.118. The quantitative estimate of drug-likeness (QED) is 0.433. The van der Waals surface area contributed by atoms with Crippen LogP contribution in [0, 0.1) is 6.92 Å². The molecule has 2 heterocycles. The smallest absolute Gasteiger partial charge is 0.233 e. The molecule has 164 valence electrons. The van der Waals surface area contributed by atoms with Gasteiger partial charge in [0.05, 0.1) is 29.9 Å². The average Bonchev–Trinajstić information content (AvgIpc) is 3.23. The van der Waals surface area contributed by atoms with Gasteiger partial charge in [-0.05, 0) is 41.0 Å². The minimum Gasteiger partial charge on any atom is -0.379 e. The monoisotopic (exact) mass is 445 g/mol. The van der Waals surface area contributed by atoms with Crippen molar-refractivity contribution in [3.8, 4) is 0 Å². The van der Waals surface area contributed by atoms with E-state index in [0.29, 0.717) is 13.0 Å². The van der Waals surface area contributed by atoms with Gasteiger partial charge in [0.25, 0.3) is 0 Å². The van der Waals surface area contributed by atoms with Gasteiger partial charge in [-0.3, -0.25) is 14.6 Å². The SMILES string of the molecule is Cc1ccc2nc(N(CCN3CCOCC3)C(=O)Cc3cccc4ccccc34)sc2c1. The van der Waals surface area contributed by atoms with E-state index in [9.17, 15) is 4.79 Å². The van der Waals surface area contributed by atoms with Crippen molar-refractivity contribution in [2.75, 3.05) is 44.3 Å². The first-order valence-corrected chi connectivity index (χ1v) is 11.9. The van der Waals surface area contributed by atoms with Gasteiger partial charge in [0.15, 0.2) is 5.13 Å². The molecule has 6 heteroatoms. The molecule has 5 rings (SSSR count). The van der Waals surface area contributed by atoms with Crippen molar-refractivity contribution in [1.29, 1.82) is 0 Å². The Kier molecular flexibility index (Phi) is 6.17. The van der Waals surface area contributed by atoms with Crippen molar-refractivity contribution < 1.29 is 9.53 Å². The molecule has 1 aliphatic rings. The molecule has 0 aliphatic carbocycles. The highest BCUT2D eigenvalue weighted by Crippen LogP contribution is 2.30. The molecule has 1 amide bonds. The summed E-state index contributed by atoms with van der Waals surface area (Å²) in [5.74, 6) is 0.0883. The first-order valence-electron chi connectivity index (χ1n) is 11.1. The van der Waals surface area contributed by atoms with Gasteiger partial charge in [-0.2, -0.15) is 0 Å². The van der Waals surface area contributed by atoms with Crippen LogP contribution in [0.25, 0.3) is 21.0 Å². The van der Waals surface area contributed by atoms with Crippen molar-refractivity contribution in [3.63, 3.8) is 0 Å². The molecule has 1 fully saturated rings. The normalized spacial score (nSPS) is 14.8. The Hall–Kier alpha value is -2.80. The second-order valence-corrected chi connectivity index (χ2v) is 9.29. The molecule has 1 saturated heterocycles. The fraction of sp³-hybridized carbons (Fsp3) is 0.308. The summed E-state index contributed by atoms with van der Waals surface area (Å²) in [5.41, 5.74) is 3.21. The lowest BCUT2D eigenvalue weighted by Gasteiger charge is -2.29. The number of fused-ring (bicyclic) bond motifs is 2. The Morgan fingerprint density at radius 1 is 1.09 bits per heavy atom. The summed E-state index contributed by atoms with van der Waals surface area (Å²) in [6.45, 7) is 6.85. The summed E-state index contributed by atoms with van der Waals surface area (Å²) in [6, 6.07) is 20.7. The highest BCUT2D eigenvalue weighted by atomic mass is 32.1. The van der Waals surface area contributed by atoms with Crippen LogP contribution in [-0.4, -0.2) is 55.2 Å². The number of aromatic nitrogens is 1. The van der Waals surface area contributed by atoms with E-state index < -0.39 is 0 Å². The Balaban J connectivity index is 1.44. The topological polar surface area (TPSA) is 45.7 Å². The second kappa shape index (κ2) is 9.36. The van der Waals surface area contributed by atoms with Gasteiger partial charge in [0.1, 0.15) is 0 Å². The zero-order chi connectivity index (χ0) is 21.9. The van der Waals surface area contributed by atoms with Gasteiger partial charge in [-0.1, -0.05) is 59.9 Å². The van der Waals surface area contributed by atoms with Gasteiger partial charge >= 0.3 is 0 Å². The van der Waals surface area contributed by atoms with E-state index in [4.69, 9.17) is 9.72 Å². The number of thiazole rings is 1. The van der Waals surface area contributed by atoms with E-state index in [1.807, 2.05) is 29.2 Å². The number of hydrogen-bond donors (Lipinski definition) is 0. The molecule has 0 unspecified atom stereocenters. The van der Waals surface area contributed by atoms with Crippen LogP contribution in [0.2, 0.25) is 0 Å². The number of benzene rings is 3. The highest BCUT2D eigenvalue weighted by molar-refractivity contribution is 7.22. The number of anilines is 1. The lowest BCUT2D eigenvalue weighted by atomic mass is 10.0. The highest BCUT2D eigenvalue weighted by Gasteiger charge is 2.22. The van der Waals surface area contributed by atoms with Gasteiger partial charge in [0.2, 0.25) is 5.91 Å². The maximum Gasteiger partial charge on any atom is 0.233 e. The molecule has 0 atom stereocenters. The molecule has 1 aromatic heterocycles. The molecule has 1 aliphatic heterocycles. The molecule has 3 aromatic carbocycles. The maximum atomic E-state index is 13.6. The zero-order valence-corrected chi connectivity index (χ0v) is 19.1. The molecule has 32 heavy (non-hydrogen) atoms. The molecule has 0 radical (unpaired) electrons. The molecule has 5 nitrogen and oxygen atoms in total. The molecule has 0 saturated carbocycles. The van der Waals surface area contributed by atoms with Crippen LogP contribution in [0.1, 0.15) is 11.1 Å². The van der Waals surface area contributed by atoms with Crippen LogP contribution in [0.15, 0.2) is 60.7 Å². The van der Waals surface area contributed by atoms with Gasteiger partial charge in [-0.15, -0.1) is 0 Å². The number of nitrogens with zero attached hydrogens (tertiary/aromatic N) is 3. The van der Waals surface area contributed by atoms with Crippen molar-refractivity contribution in [2.45, 2.75) is 13.3 Å². The van der Waals surface area contributed by atoms with E-state index in [2.05, 4.69) is 48.2 Å². The minimum atomic E-state index is 0.0883. The average molecular weight is 446 g/mol. The predicted octanol–water partition coefficient (Wildman–Crippen LogP) is 4.67. The van der Waals surface area contributed by atoms with Crippen molar-refractivity contribution in [2.24, 2.45) is 0 Å². The molecule has 0 N–H and O–H groups in total. The summed E-state index contributed by atoms with van der Waals surface area (Å²) in [5, 5.41) is 3.08. The van der Waals surface area contributed by atoms with Crippen LogP contribution in [0.4, 0.5) is 5.13 Å². The van der Waals surface area contributed by atoms with Crippen LogP contribution < -0.4 is 4.90 Å². The Bertz CT molecular complexity index is 1240. The summed E-state index contributed by atoms with van der Waals surface area (Å²) in [7, 11) is 0. The van der Waals surface area contributed by atoms with Crippen LogP contribution >= 0.6 is 11.3 Å². The first kappa shape index (κ1) is 21.1. The largest absolute Gasteiger partial charge is 0.379 e. The number of carbonyl (C=O) groups is 1. The van der Waals surface area contributed by atoms with Crippen molar-refractivity contribution in [1.82, 2.24) is 9.88 Å². The van der Waals surface area contributed by atoms with E-state index in [-0.39, 0.29) is 5.91 Å². The van der Waals surface area contributed by atoms with Crippen LogP contribution in [0.5, 0.6) is 0 Å². The summed E-state index contributed by atoms with van der Waals surface area (Å²) < 4.78 is 6.60. The van der Waals surface area contributed by atoms with Gasteiger partial charge in [-0.25, -0.2) is 4.98 Å². The fourth-order valence-corrected chi connectivity index (χ4v) is 5.34. The van der Waals surface area contributed by atoms with E-state index in [1.165, 1.54) is 5.56 Å². The molecule has 0 spiro atoms. The Labute approximate surface area is 192 Å². The van der Waals surface area contributed by atoms with E-state index in [0.717, 1.165) is 64.5 Å². The van der Waals surface area contributed by atoms with E-state index in [1.54, 1.807) is 11.3 Å². The van der Waals surface area contributed by atoms with Crippen molar-refractivity contribution in [3.05, 3.63) is 71.8 Å². The van der Waals surface area contributed by atoms with Crippen LogP contribution in [0.3, 0.4) is 0 Å². The number of carbonyl (C=O) groups excluding carboxylic acids is 1. The third kappa shape index (κ3) is 4.53. The van der Waals surface area contributed by atoms with E-state index >= 15 is 0 Å². The molecular formula is C26H27N3O2S. The summed E-state index contributed by atoms with van der Waals surface area (Å²) in [6.07, 6.45) is 0.361. The zero-order valence-electron chi connectivity index (χ0n) is 18.3. The lowest BCUT2D eigenvalue weighted by Crippen LogP contribution is -2.43. The number of ether oxygens (including phenoxy) is 1. The maximum absolute atomic E-state index is 13.6. The third-order valence-corrected chi connectivity index (χ3v) is 7.07. The summed E-state index contributed by atoms with van der Waals surface area (Å²) >= 11 is 1.60. The molecular weight excluding hydrogens is 418 g/mol. The molecule has 0 bridgehead atoms. The Morgan fingerprint density at radius 2 is 1.91 bits per heavy atom. The van der Waals surface area contributed by atoms with Crippen LogP contribution in [-0.2, 0) is 16.0 Å². The fourth-order valence-electron chi connectivity index (χ4n) is 4.23. The third-order valence-electron chi connectivity index (χ3n) is 6.03. The second-order valence-electron chi connectivity index (χ2n) is 8.28. The number of hydrogen-bond acceptors (Lipinski definition) is 5. The van der Waals surface area contributed by atoms with Crippen molar-refractivity contribution >= 4 is 43.4 Å². The first-order chi connectivity index (χ1) is 15.7. The number of amides is 1. The Morgan fingerprint density at radius 3 is 2.78 bits per heavy atom.